The molecule has 90 valence electrons. The fourth-order valence-corrected chi connectivity index (χ4v) is 2.35. The van der Waals surface area contributed by atoms with E-state index in [9.17, 15) is 4.79 Å². The van der Waals surface area contributed by atoms with Gasteiger partial charge in [0.2, 0.25) is 0 Å². The number of carboxylic acid groups (broad SMARTS) is 1. The molecule has 0 heterocycles. The van der Waals surface area contributed by atoms with E-state index < -0.39 is 26.4 Å². The smallest absolute Gasteiger partial charge is 0.323 e. The van der Waals surface area contributed by atoms with Crippen molar-refractivity contribution in [2.45, 2.75) is 58.0 Å². The third-order valence-corrected chi connectivity index (χ3v) is 7.65. The van der Waals surface area contributed by atoms with Crippen molar-refractivity contribution in [3.8, 4) is 0 Å². The Morgan fingerprint density at radius 3 is 2.07 bits per heavy atom. The molecular weight excluding hydrogens is 210 g/mol. The molecule has 0 aromatic carbocycles. The number of carboxylic acids is 1. The van der Waals surface area contributed by atoms with Gasteiger partial charge >= 0.3 is 5.97 Å². The summed E-state index contributed by atoms with van der Waals surface area (Å²) in [6, 6.07) is -0.945. The molecule has 0 aromatic rings. The van der Waals surface area contributed by atoms with Crippen LogP contribution >= 0.6 is 0 Å². The van der Waals surface area contributed by atoms with Gasteiger partial charge in [0.1, 0.15) is 6.04 Å². The minimum atomic E-state index is -1.92. The molecule has 0 bridgehead atoms. The minimum absolute atomic E-state index is 0.0689. The van der Waals surface area contributed by atoms with Crippen molar-refractivity contribution in [2.75, 3.05) is 0 Å². The van der Waals surface area contributed by atoms with Crippen LogP contribution in [-0.4, -0.2) is 31.5 Å². The zero-order valence-corrected chi connectivity index (χ0v) is 11.5. The van der Waals surface area contributed by atoms with Gasteiger partial charge in [-0.3, -0.25) is 4.79 Å². The number of carbonyl (C=O) groups is 1. The highest BCUT2D eigenvalue weighted by atomic mass is 28.4. The van der Waals surface area contributed by atoms with Crippen molar-refractivity contribution in [3.63, 3.8) is 0 Å². The highest BCUT2D eigenvalue weighted by Gasteiger charge is 2.40. The molecule has 4 nitrogen and oxygen atoms in total. The summed E-state index contributed by atoms with van der Waals surface area (Å²) < 4.78 is 5.86. The Balaban J connectivity index is 4.54. The van der Waals surface area contributed by atoms with E-state index in [1.807, 2.05) is 0 Å². The zero-order valence-electron chi connectivity index (χ0n) is 10.5. The van der Waals surface area contributed by atoms with E-state index in [1.54, 1.807) is 6.92 Å². The van der Waals surface area contributed by atoms with Crippen molar-refractivity contribution in [2.24, 2.45) is 5.73 Å². The van der Waals surface area contributed by atoms with Crippen molar-refractivity contribution in [3.05, 3.63) is 0 Å². The maximum atomic E-state index is 10.7. The molecule has 0 aliphatic heterocycles. The van der Waals surface area contributed by atoms with Gasteiger partial charge in [0.15, 0.2) is 8.32 Å². The molecule has 0 fully saturated rings. The molecule has 0 aliphatic rings. The monoisotopic (exact) mass is 233 g/mol. The summed E-state index contributed by atoms with van der Waals surface area (Å²) in [5.41, 5.74) is 5.51. The van der Waals surface area contributed by atoms with Crippen molar-refractivity contribution < 1.29 is 14.3 Å². The predicted octanol–water partition coefficient (Wildman–Crippen LogP) is 1.81. The van der Waals surface area contributed by atoms with E-state index in [0.29, 0.717) is 0 Å². The molecule has 0 radical (unpaired) electrons. The first-order chi connectivity index (χ1) is 6.49. The topological polar surface area (TPSA) is 72.5 Å². The largest absolute Gasteiger partial charge is 0.480 e. The molecule has 3 N–H and O–H groups in total. The lowest BCUT2D eigenvalue weighted by molar-refractivity contribution is -0.140. The highest BCUT2D eigenvalue weighted by Crippen LogP contribution is 2.37. The summed E-state index contributed by atoms with van der Waals surface area (Å²) in [6.45, 7) is 12.2. The molecule has 0 spiro atoms. The number of nitrogens with two attached hydrogens (primary N) is 1. The van der Waals surface area contributed by atoms with E-state index in [0.717, 1.165) is 0 Å². The van der Waals surface area contributed by atoms with Gasteiger partial charge in [-0.15, -0.1) is 0 Å². The standard InChI is InChI=1S/C10H23NO3Si/c1-7(8(11)9(12)13)14-15(5,6)10(2,3)4/h7-8H,11H2,1-6H3,(H,12,13)/t7-,8+/m1/s1. The second-order valence-corrected chi connectivity index (χ2v) is 10.2. The van der Waals surface area contributed by atoms with Crippen LogP contribution < -0.4 is 5.73 Å². The number of hydrogen-bond acceptors (Lipinski definition) is 3. The van der Waals surface area contributed by atoms with Crippen LogP contribution in [0, 0.1) is 0 Å². The van der Waals surface area contributed by atoms with E-state index >= 15 is 0 Å². The zero-order chi connectivity index (χ0) is 12.4. The van der Waals surface area contributed by atoms with Gasteiger partial charge in [-0.1, -0.05) is 20.8 Å². The van der Waals surface area contributed by atoms with Crippen LogP contribution in [0.5, 0.6) is 0 Å². The van der Waals surface area contributed by atoms with E-state index in [1.165, 1.54) is 0 Å². The first-order valence-corrected chi connectivity index (χ1v) is 8.06. The molecular formula is C10H23NO3Si. The maximum Gasteiger partial charge on any atom is 0.323 e. The van der Waals surface area contributed by atoms with Gasteiger partial charge in [0.25, 0.3) is 0 Å². The van der Waals surface area contributed by atoms with Crippen molar-refractivity contribution in [1.29, 1.82) is 0 Å². The van der Waals surface area contributed by atoms with Crippen molar-refractivity contribution >= 4 is 14.3 Å². The fraction of sp³-hybridized carbons (Fsp3) is 0.900. The average molecular weight is 233 g/mol. The second kappa shape index (κ2) is 4.63. The Morgan fingerprint density at radius 1 is 1.40 bits per heavy atom. The van der Waals surface area contributed by atoms with Crippen LogP contribution in [0.1, 0.15) is 27.7 Å². The third-order valence-electron chi connectivity index (χ3n) is 3.08. The SMILES string of the molecule is C[C@@H](O[Si](C)(C)C(C)(C)C)[C@H](N)C(=O)O. The van der Waals surface area contributed by atoms with E-state index in [2.05, 4.69) is 33.9 Å². The Kier molecular flexibility index (Phi) is 4.51. The van der Waals surface area contributed by atoms with Crippen molar-refractivity contribution in [1.82, 2.24) is 0 Å². The summed E-state index contributed by atoms with van der Waals surface area (Å²) in [4.78, 5) is 10.7. The third kappa shape index (κ3) is 3.93. The maximum absolute atomic E-state index is 10.7. The minimum Gasteiger partial charge on any atom is -0.480 e. The van der Waals surface area contributed by atoms with Gasteiger partial charge in [0, 0.05) is 0 Å². The summed E-state index contributed by atoms with van der Waals surface area (Å²) in [5, 5.41) is 8.83. The quantitative estimate of drug-likeness (QED) is 0.726. The van der Waals surface area contributed by atoms with Crippen LogP contribution in [0.4, 0.5) is 0 Å². The molecule has 0 rings (SSSR count). The molecule has 0 saturated heterocycles. The highest BCUT2D eigenvalue weighted by molar-refractivity contribution is 6.74. The van der Waals surface area contributed by atoms with Crippen LogP contribution in [0.2, 0.25) is 18.1 Å². The van der Waals surface area contributed by atoms with Crippen LogP contribution in [0.3, 0.4) is 0 Å². The van der Waals surface area contributed by atoms with Gasteiger partial charge in [-0.2, -0.15) is 0 Å². The normalized spacial score (nSPS) is 17.3. The van der Waals surface area contributed by atoms with Gasteiger partial charge in [-0.05, 0) is 25.1 Å². The van der Waals surface area contributed by atoms with Crippen LogP contribution in [0.25, 0.3) is 0 Å². The average Bonchev–Trinajstić information content (AvgIpc) is 1.99. The number of rotatable bonds is 4. The Bertz CT molecular complexity index is 235. The van der Waals surface area contributed by atoms with Gasteiger partial charge in [0.05, 0.1) is 6.10 Å². The summed E-state index contributed by atoms with van der Waals surface area (Å²) >= 11 is 0. The Labute approximate surface area is 92.9 Å². The second-order valence-electron chi connectivity index (χ2n) is 5.45. The number of aliphatic carboxylic acids is 1. The lowest BCUT2D eigenvalue weighted by atomic mass is 10.2. The van der Waals surface area contributed by atoms with Gasteiger partial charge in [-0.25, -0.2) is 0 Å². The Morgan fingerprint density at radius 2 is 1.80 bits per heavy atom. The molecule has 0 amide bonds. The molecule has 2 atom stereocenters. The Hall–Kier alpha value is -0.393. The van der Waals surface area contributed by atoms with Gasteiger partial charge < -0.3 is 15.3 Å². The van der Waals surface area contributed by atoms with E-state index in [-0.39, 0.29) is 5.04 Å². The molecule has 0 unspecified atom stereocenters. The van der Waals surface area contributed by atoms with Crippen LogP contribution in [-0.2, 0) is 9.22 Å². The first kappa shape index (κ1) is 14.6. The van der Waals surface area contributed by atoms with Crippen LogP contribution in [0.15, 0.2) is 0 Å². The molecule has 0 aromatic heterocycles. The molecule has 15 heavy (non-hydrogen) atoms. The summed E-state index contributed by atoms with van der Waals surface area (Å²) in [6.07, 6.45) is -0.441. The lowest BCUT2D eigenvalue weighted by Gasteiger charge is -2.39. The first-order valence-electron chi connectivity index (χ1n) is 5.15. The molecule has 0 aliphatic carbocycles. The van der Waals surface area contributed by atoms with E-state index in [4.69, 9.17) is 15.3 Å². The molecule has 0 saturated carbocycles. The number of hydrogen-bond donors (Lipinski definition) is 2. The lowest BCUT2D eigenvalue weighted by Crippen LogP contribution is -2.50. The summed E-state index contributed by atoms with van der Waals surface area (Å²) in [5.74, 6) is -1.01. The predicted molar refractivity (Wildman–Crippen MR) is 63.4 cm³/mol. The summed E-state index contributed by atoms with van der Waals surface area (Å²) in [7, 11) is -1.92. The fourth-order valence-electron chi connectivity index (χ4n) is 0.916. The molecule has 5 heteroatoms.